The van der Waals surface area contributed by atoms with E-state index in [1.165, 1.54) is 0 Å². The highest BCUT2D eigenvalue weighted by atomic mass is 15.2. The standard InChI is InChI=1S/C14H20N4/c1-4-10(2)9-18(3)14-13(15)16-11-7-5-6-8-12(11)17-14/h5-8,10H,4,9H2,1-3H3,(H2,15,16). The molecule has 18 heavy (non-hydrogen) atoms. The fraction of sp³-hybridized carbons (Fsp3) is 0.429. The van der Waals surface area contributed by atoms with Crippen LogP contribution in [0.5, 0.6) is 0 Å². The normalized spacial score (nSPS) is 12.6. The molecular formula is C14H20N4. The molecule has 1 unspecified atom stereocenters. The lowest BCUT2D eigenvalue weighted by molar-refractivity contribution is 0.558. The summed E-state index contributed by atoms with van der Waals surface area (Å²) in [5.74, 6) is 1.89. The Morgan fingerprint density at radius 2 is 1.83 bits per heavy atom. The lowest BCUT2D eigenvalue weighted by Gasteiger charge is -2.22. The van der Waals surface area contributed by atoms with Crippen molar-refractivity contribution in [3.8, 4) is 0 Å². The van der Waals surface area contributed by atoms with Gasteiger partial charge in [0, 0.05) is 13.6 Å². The molecule has 0 amide bonds. The number of fused-ring (bicyclic) bond motifs is 1. The molecular weight excluding hydrogens is 224 g/mol. The van der Waals surface area contributed by atoms with E-state index in [0.29, 0.717) is 11.7 Å². The van der Waals surface area contributed by atoms with Gasteiger partial charge >= 0.3 is 0 Å². The van der Waals surface area contributed by atoms with E-state index in [1.54, 1.807) is 0 Å². The Bertz CT molecular complexity index is 538. The molecule has 1 aromatic heterocycles. The Balaban J connectivity index is 2.35. The largest absolute Gasteiger partial charge is 0.381 e. The lowest BCUT2D eigenvalue weighted by atomic mass is 10.1. The van der Waals surface area contributed by atoms with E-state index < -0.39 is 0 Å². The molecule has 0 aliphatic rings. The van der Waals surface area contributed by atoms with Crippen molar-refractivity contribution in [2.75, 3.05) is 24.2 Å². The van der Waals surface area contributed by atoms with Gasteiger partial charge < -0.3 is 10.6 Å². The van der Waals surface area contributed by atoms with Crippen LogP contribution in [0.4, 0.5) is 11.6 Å². The first kappa shape index (κ1) is 12.6. The molecule has 0 aliphatic heterocycles. The summed E-state index contributed by atoms with van der Waals surface area (Å²) in [7, 11) is 2.02. The first-order chi connectivity index (χ1) is 8.61. The second-order valence-electron chi connectivity index (χ2n) is 4.82. The number of hydrogen-bond acceptors (Lipinski definition) is 4. The minimum atomic E-state index is 0.500. The molecule has 0 saturated heterocycles. The van der Waals surface area contributed by atoms with Gasteiger partial charge in [0.05, 0.1) is 11.0 Å². The molecule has 2 aromatic rings. The van der Waals surface area contributed by atoms with Crippen LogP contribution in [0.25, 0.3) is 11.0 Å². The van der Waals surface area contributed by atoms with Crippen LogP contribution in [0.15, 0.2) is 24.3 Å². The fourth-order valence-corrected chi connectivity index (χ4v) is 1.97. The van der Waals surface area contributed by atoms with Gasteiger partial charge in [-0.25, -0.2) is 9.97 Å². The molecule has 0 radical (unpaired) electrons. The van der Waals surface area contributed by atoms with Crippen molar-refractivity contribution in [1.29, 1.82) is 0 Å². The number of aromatic nitrogens is 2. The van der Waals surface area contributed by atoms with E-state index in [2.05, 4.69) is 28.7 Å². The number of nitrogen functional groups attached to an aromatic ring is 1. The maximum atomic E-state index is 5.99. The van der Waals surface area contributed by atoms with Crippen LogP contribution in [0.3, 0.4) is 0 Å². The quantitative estimate of drug-likeness (QED) is 0.898. The molecule has 0 aliphatic carbocycles. The first-order valence-electron chi connectivity index (χ1n) is 6.35. The van der Waals surface area contributed by atoms with Crippen LogP contribution >= 0.6 is 0 Å². The van der Waals surface area contributed by atoms with Gasteiger partial charge in [0.2, 0.25) is 0 Å². The molecule has 2 N–H and O–H groups in total. The predicted molar refractivity (Wildman–Crippen MR) is 76.7 cm³/mol. The Kier molecular flexibility index (Phi) is 3.65. The molecule has 0 saturated carbocycles. The van der Waals surface area contributed by atoms with Crippen LogP contribution < -0.4 is 10.6 Å². The summed E-state index contributed by atoms with van der Waals surface area (Å²) in [4.78, 5) is 11.1. The second-order valence-corrected chi connectivity index (χ2v) is 4.82. The molecule has 1 aromatic carbocycles. The van der Waals surface area contributed by atoms with Crippen LogP contribution in [0, 0.1) is 5.92 Å². The highest BCUT2D eigenvalue weighted by Crippen LogP contribution is 2.22. The van der Waals surface area contributed by atoms with Gasteiger partial charge in [-0.15, -0.1) is 0 Å². The number of nitrogens with zero attached hydrogens (tertiary/aromatic N) is 3. The van der Waals surface area contributed by atoms with Crippen LogP contribution in [-0.2, 0) is 0 Å². The summed E-state index contributed by atoms with van der Waals surface area (Å²) in [5, 5.41) is 0. The average molecular weight is 244 g/mol. The molecule has 96 valence electrons. The highest BCUT2D eigenvalue weighted by molar-refractivity contribution is 5.79. The van der Waals surface area contributed by atoms with E-state index >= 15 is 0 Å². The number of benzene rings is 1. The summed E-state index contributed by atoms with van der Waals surface area (Å²) in [6.45, 7) is 5.35. The minimum Gasteiger partial charge on any atom is -0.381 e. The molecule has 0 fully saturated rings. The summed E-state index contributed by atoms with van der Waals surface area (Å²) < 4.78 is 0. The Hall–Kier alpha value is -1.84. The number of para-hydroxylation sites is 2. The zero-order valence-corrected chi connectivity index (χ0v) is 11.2. The smallest absolute Gasteiger partial charge is 0.171 e. The van der Waals surface area contributed by atoms with Gasteiger partial charge in [0.15, 0.2) is 11.6 Å². The van der Waals surface area contributed by atoms with Crippen molar-refractivity contribution in [2.24, 2.45) is 5.92 Å². The van der Waals surface area contributed by atoms with Crippen molar-refractivity contribution in [3.63, 3.8) is 0 Å². The molecule has 4 nitrogen and oxygen atoms in total. The Morgan fingerprint density at radius 3 is 2.44 bits per heavy atom. The summed E-state index contributed by atoms with van der Waals surface area (Å²) >= 11 is 0. The van der Waals surface area contributed by atoms with Gasteiger partial charge in [-0.3, -0.25) is 0 Å². The topological polar surface area (TPSA) is 55.0 Å². The summed E-state index contributed by atoms with van der Waals surface area (Å²) in [5.41, 5.74) is 7.72. The third-order valence-corrected chi connectivity index (χ3v) is 3.22. The number of rotatable bonds is 4. The van der Waals surface area contributed by atoms with Crippen LogP contribution in [-0.4, -0.2) is 23.6 Å². The third-order valence-electron chi connectivity index (χ3n) is 3.22. The SMILES string of the molecule is CCC(C)CN(C)c1nc2ccccc2nc1N. The van der Waals surface area contributed by atoms with E-state index in [1.807, 2.05) is 31.3 Å². The number of anilines is 2. The third kappa shape index (κ3) is 2.53. The Morgan fingerprint density at radius 1 is 1.22 bits per heavy atom. The molecule has 4 heteroatoms. The van der Waals surface area contributed by atoms with Crippen molar-refractivity contribution >= 4 is 22.7 Å². The van der Waals surface area contributed by atoms with Crippen LogP contribution in [0.1, 0.15) is 20.3 Å². The second kappa shape index (κ2) is 5.21. The van der Waals surface area contributed by atoms with Crippen molar-refractivity contribution in [2.45, 2.75) is 20.3 Å². The molecule has 2 rings (SSSR count). The average Bonchev–Trinajstić information content (AvgIpc) is 2.37. The molecule has 1 heterocycles. The molecule has 0 bridgehead atoms. The predicted octanol–water partition coefficient (Wildman–Crippen LogP) is 2.69. The van der Waals surface area contributed by atoms with Gasteiger partial charge in [-0.1, -0.05) is 32.4 Å². The summed E-state index contributed by atoms with van der Waals surface area (Å²) in [6.07, 6.45) is 1.14. The monoisotopic (exact) mass is 244 g/mol. The van der Waals surface area contributed by atoms with Gasteiger partial charge in [-0.2, -0.15) is 0 Å². The van der Waals surface area contributed by atoms with Crippen LogP contribution in [0.2, 0.25) is 0 Å². The number of hydrogen-bond donors (Lipinski definition) is 1. The van der Waals surface area contributed by atoms with Crippen molar-refractivity contribution in [3.05, 3.63) is 24.3 Å². The maximum absolute atomic E-state index is 5.99. The zero-order valence-electron chi connectivity index (χ0n) is 11.2. The minimum absolute atomic E-state index is 0.500. The molecule has 1 atom stereocenters. The van der Waals surface area contributed by atoms with Crippen molar-refractivity contribution < 1.29 is 0 Å². The van der Waals surface area contributed by atoms with E-state index in [-0.39, 0.29) is 0 Å². The maximum Gasteiger partial charge on any atom is 0.171 e. The van der Waals surface area contributed by atoms with E-state index in [4.69, 9.17) is 5.73 Å². The molecule has 0 spiro atoms. The zero-order chi connectivity index (χ0) is 13.1. The van der Waals surface area contributed by atoms with Crippen molar-refractivity contribution in [1.82, 2.24) is 9.97 Å². The first-order valence-corrected chi connectivity index (χ1v) is 6.35. The van der Waals surface area contributed by atoms with E-state index in [0.717, 1.165) is 29.8 Å². The van der Waals surface area contributed by atoms with Gasteiger partial charge in [0.25, 0.3) is 0 Å². The number of nitrogens with two attached hydrogens (primary N) is 1. The highest BCUT2D eigenvalue weighted by Gasteiger charge is 2.12. The fourth-order valence-electron chi connectivity index (χ4n) is 1.97. The van der Waals surface area contributed by atoms with E-state index in [9.17, 15) is 0 Å². The van der Waals surface area contributed by atoms with Gasteiger partial charge in [0.1, 0.15) is 0 Å². The van der Waals surface area contributed by atoms with Gasteiger partial charge in [-0.05, 0) is 18.1 Å². The lowest BCUT2D eigenvalue weighted by Crippen LogP contribution is -2.25. The Labute approximate surface area is 108 Å². The summed E-state index contributed by atoms with van der Waals surface area (Å²) in [6, 6.07) is 7.80.